The van der Waals surface area contributed by atoms with E-state index in [-0.39, 0.29) is 0 Å². The molecule has 3 heteroatoms. The lowest BCUT2D eigenvalue weighted by Gasteiger charge is -2.29. The van der Waals surface area contributed by atoms with Gasteiger partial charge in [-0.3, -0.25) is 4.90 Å². The topological polar surface area (TPSA) is 28.4 Å². The third-order valence-corrected chi connectivity index (χ3v) is 4.49. The minimum Gasteiger partial charge on any atom is -0.463 e. The van der Waals surface area contributed by atoms with Crippen LogP contribution in [-0.2, 0) is 13.1 Å². The summed E-state index contributed by atoms with van der Waals surface area (Å²) in [4.78, 5) is 2.55. The first-order valence-corrected chi connectivity index (χ1v) is 7.93. The van der Waals surface area contributed by atoms with Crippen molar-refractivity contribution >= 4 is 0 Å². The van der Waals surface area contributed by atoms with Gasteiger partial charge in [0, 0.05) is 0 Å². The van der Waals surface area contributed by atoms with E-state index in [4.69, 9.17) is 4.42 Å². The average molecular weight is 278 g/mol. The Kier molecular flexibility index (Phi) is 5.28. The van der Waals surface area contributed by atoms with Crippen LogP contribution in [0.1, 0.15) is 51.6 Å². The number of hydrogen-bond acceptors (Lipinski definition) is 3. The maximum atomic E-state index is 5.86. The zero-order valence-electron chi connectivity index (χ0n) is 13.5. The highest BCUT2D eigenvalue weighted by Crippen LogP contribution is 2.34. The van der Waals surface area contributed by atoms with Crippen molar-refractivity contribution in [2.45, 2.75) is 53.1 Å². The summed E-state index contributed by atoms with van der Waals surface area (Å²) in [6.07, 6.45) is 3.99. The van der Waals surface area contributed by atoms with E-state index in [1.807, 2.05) is 7.05 Å². The Labute approximate surface area is 123 Å². The van der Waals surface area contributed by atoms with Crippen molar-refractivity contribution in [1.29, 1.82) is 0 Å². The fourth-order valence-electron chi connectivity index (χ4n) is 3.18. The molecule has 0 aromatic carbocycles. The van der Waals surface area contributed by atoms with Crippen LogP contribution in [0.5, 0.6) is 0 Å². The summed E-state index contributed by atoms with van der Waals surface area (Å²) in [6, 6.07) is 4.21. The first-order valence-electron chi connectivity index (χ1n) is 7.93. The van der Waals surface area contributed by atoms with Crippen LogP contribution in [-0.4, -0.2) is 25.0 Å². The van der Waals surface area contributed by atoms with Gasteiger partial charge in [0.05, 0.1) is 13.1 Å². The highest BCUT2D eigenvalue weighted by molar-refractivity contribution is 5.07. The normalized spacial score (nSPS) is 21.9. The summed E-state index contributed by atoms with van der Waals surface area (Å²) in [6.45, 7) is 11.3. The molecule has 0 bridgehead atoms. The monoisotopic (exact) mass is 278 g/mol. The molecule has 0 radical (unpaired) electrons. The molecular formula is C17H30N2O. The summed E-state index contributed by atoms with van der Waals surface area (Å²) < 4.78 is 5.86. The average Bonchev–Trinajstić information content (AvgIpc) is 2.65. The number of rotatable bonds is 4. The summed E-state index contributed by atoms with van der Waals surface area (Å²) in [7, 11) is 1.95. The molecule has 1 aromatic heterocycles. The van der Waals surface area contributed by atoms with Crippen molar-refractivity contribution in [2.75, 3.05) is 20.1 Å². The molecular weight excluding hydrogens is 248 g/mol. The number of hydrogen-bond donors (Lipinski definition) is 1. The third kappa shape index (κ3) is 4.35. The van der Waals surface area contributed by atoms with Crippen LogP contribution in [0, 0.1) is 11.3 Å². The van der Waals surface area contributed by atoms with Gasteiger partial charge in [-0.15, -0.1) is 0 Å². The molecule has 0 saturated carbocycles. The number of nitrogens with zero attached hydrogens (tertiary/aromatic N) is 1. The second-order valence-electron chi connectivity index (χ2n) is 7.17. The van der Waals surface area contributed by atoms with Crippen LogP contribution in [0.4, 0.5) is 0 Å². The Morgan fingerprint density at radius 2 is 1.95 bits per heavy atom. The van der Waals surface area contributed by atoms with E-state index in [9.17, 15) is 0 Å². The number of likely N-dealkylation sites (tertiary alicyclic amines) is 1. The van der Waals surface area contributed by atoms with Gasteiger partial charge in [-0.25, -0.2) is 0 Å². The fraction of sp³-hybridized carbons (Fsp3) is 0.765. The van der Waals surface area contributed by atoms with E-state index in [1.165, 1.54) is 32.4 Å². The van der Waals surface area contributed by atoms with Gasteiger partial charge in [0.15, 0.2) is 0 Å². The Hall–Kier alpha value is -0.800. The largest absolute Gasteiger partial charge is 0.463 e. The number of nitrogens with one attached hydrogen (secondary N) is 1. The van der Waals surface area contributed by atoms with Crippen LogP contribution in [0.25, 0.3) is 0 Å². The van der Waals surface area contributed by atoms with Gasteiger partial charge in [0.1, 0.15) is 11.5 Å². The highest BCUT2D eigenvalue weighted by Gasteiger charge is 2.27. The summed E-state index contributed by atoms with van der Waals surface area (Å²) in [5.74, 6) is 2.98. The van der Waals surface area contributed by atoms with Crippen LogP contribution >= 0.6 is 0 Å². The molecule has 2 rings (SSSR count). The predicted molar refractivity (Wildman–Crippen MR) is 83.5 cm³/mol. The van der Waals surface area contributed by atoms with Gasteiger partial charge < -0.3 is 9.73 Å². The minimum absolute atomic E-state index is 0.445. The van der Waals surface area contributed by atoms with E-state index in [1.54, 1.807) is 0 Å². The summed E-state index contributed by atoms with van der Waals surface area (Å²) >= 11 is 0. The fourth-order valence-corrected chi connectivity index (χ4v) is 3.18. The maximum Gasteiger partial charge on any atom is 0.118 e. The molecule has 1 fully saturated rings. The quantitative estimate of drug-likeness (QED) is 0.911. The zero-order valence-corrected chi connectivity index (χ0v) is 13.5. The molecule has 0 aliphatic carbocycles. The molecule has 1 atom stereocenters. The summed E-state index contributed by atoms with van der Waals surface area (Å²) in [5.41, 5.74) is 0.445. The first-order chi connectivity index (χ1) is 9.49. The van der Waals surface area contributed by atoms with Crippen molar-refractivity contribution in [3.8, 4) is 0 Å². The zero-order chi connectivity index (χ0) is 14.6. The molecule has 1 aromatic rings. The van der Waals surface area contributed by atoms with Crippen molar-refractivity contribution in [3.05, 3.63) is 23.7 Å². The van der Waals surface area contributed by atoms with Crippen LogP contribution in [0.2, 0.25) is 0 Å². The molecule has 1 N–H and O–H groups in total. The van der Waals surface area contributed by atoms with Crippen molar-refractivity contribution in [2.24, 2.45) is 11.3 Å². The highest BCUT2D eigenvalue weighted by atomic mass is 16.3. The van der Waals surface area contributed by atoms with Crippen LogP contribution < -0.4 is 5.32 Å². The number of furan rings is 1. The molecule has 0 spiro atoms. The lowest BCUT2D eigenvalue weighted by Crippen LogP contribution is -2.25. The maximum absolute atomic E-state index is 5.86. The van der Waals surface area contributed by atoms with Crippen molar-refractivity contribution in [1.82, 2.24) is 10.2 Å². The van der Waals surface area contributed by atoms with E-state index >= 15 is 0 Å². The van der Waals surface area contributed by atoms with E-state index in [0.717, 1.165) is 30.5 Å². The molecule has 1 aliphatic heterocycles. The second-order valence-corrected chi connectivity index (χ2v) is 7.17. The molecule has 1 unspecified atom stereocenters. The van der Waals surface area contributed by atoms with Gasteiger partial charge in [-0.1, -0.05) is 20.8 Å². The predicted octanol–water partition coefficient (Wildman–Crippen LogP) is 3.65. The van der Waals surface area contributed by atoms with Crippen molar-refractivity contribution < 1.29 is 4.42 Å². The Bertz CT molecular complexity index is 405. The molecule has 2 heterocycles. The molecule has 114 valence electrons. The Balaban J connectivity index is 1.87. The smallest absolute Gasteiger partial charge is 0.118 e. The van der Waals surface area contributed by atoms with Gasteiger partial charge in [-0.2, -0.15) is 0 Å². The lowest BCUT2D eigenvalue weighted by molar-refractivity contribution is 0.202. The van der Waals surface area contributed by atoms with Gasteiger partial charge in [0.2, 0.25) is 0 Å². The second kappa shape index (κ2) is 6.77. The first kappa shape index (κ1) is 15.6. The summed E-state index contributed by atoms with van der Waals surface area (Å²) in [5, 5.41) is 3.13. The molecule has 20 heavy (non-hydrogen) atoms. The van der Waals surface area contributed by atoms with Gasteiger partial charge in [-0.05, 0) is 62.9 Å². The van der Waals surface area contributed by atoms with Gasteiger partial charge in [0.25, 0.3) is 0 Å². The van der Waals surface area contributed by atoms with E-state index < -0.39 is 0 Å². The Morgan fingerprint density at radius 3 is 2.65 bits per heavy atom. The van der Waals surface area contributed by atoms with Crippen LogP contribution in [0.15, 0.2) is 16.5 Å². The molecule has 1 aliphatic rings. The Morgan fingerprint density at radius 1 is 1.20 bits per heavy atom. The standard InChI is InChI=1S/C17H30N2O/c1-17(2,3)14-6-5-10-19(11-9-14)13-16-8-7-15(20-16)12-18-4/h7-8,14,18H,5-6,9-13H2,1-4H3. The third-order valence-electron chi connectivity index (χ3n) is 4.49. The molecule has 0 amide bonds. The molecule has 3 nitrogen and oxygen atoms in total. The van der Waals surface area contributed by atoms with E-state index in [2.05, 4.69) is 43.1 Å². The minimum atomic E-state index is 0.445. The lowest BCUT2D eigenvalue weighted by atomic mass is 9.77. The molecule has 1 saturated heterocycles. The SMILES string of the molecule is CNCc1ccc(CN2CCCC(C(C)(C)C)CC2)o1. The van der Waals surface area contributed by atoms with Crippen molar-refractivity contribution in [3.63, 3.8) is 0 Å². The van der Waals surface area contributed by atoms with E-state index in [0.29, 0.717) is 5.41 Å². The van der Waals surface area contributed by atoms with Crippen LogP contribution in [0.3, 0.4) is 0 Å². The van der Waals surface area contributed by atoms with Gasteiger partial charge >= 0.3 is 0 Å².